The predicted molar refractivity (Wildman–Crippen MR) is 72.3 cm³/mol. The van der Waals surface area contributed by atoms with Crippen molar-refractivity contribution in [3.05, 3.63) is 12.2 Å². The summed E-state index contributed by atoms with van der Waals surface area (Å²) < 4.78 is 2.04. The van der Waals surface area contributed by atoms with Crippen molar-refractivity contribution in [1.82, 2.24) is 25.0 Å². The Morgan fingerprint density at radius 2 is 2.33 bits per heavy atom. The quantitative estimate of drug-likeness (QED) is 0.792. The highest BCUT2D eigenvalue weighted by atomic mass is 15.4. The van der Waals surface area contributed by atoms with Gasteiger partial charge in [-0.2, -0.15) is 5.10 Å². The van der Waals surface area contributed by atoms with Crippen molar-refractivity contribution in [1.29, 1.82) is 0 Å². The van der Waals surface area contributed by atoms with Crippen LogP contribution in [0.4, 0.5) is 0 Å². The average molecular weight is 251 g/mol. The molecule has 2 rings (SSSR count). The average Bonchev–Trinajstić information content (AvgIpc) is 2.98. The van der Waals surface area contributed by atoms with Gasteiger partial charge < -0.3 is 5.32 Å². The van der Waals surface area contributed by atoms with Crippen LogP contribution < -0.4 is 5.32 Å². The molecule has 1 aromatic rings. The summed E-state index contributed by atoms with van der Waals surface area (Å²) in [5.74, 6) is 1.11. The van der Waals surface area contributed by atoms with Gasteiger partial charge >= 0.3 is 0 Å². The summed E-state index contributed by atoms with van der Waals surface area (Å²) in [5, 5.41) is 7.75. The maximum Gasteiger partial charge on any atom is 0.141 e. The summed E-state index contributed by atoms with van der Waals surface area (Å²) in [6, 6.07) is 0.664. The van der Waals surface area contributed by atoms with Crippen LogP contribution in [0.15, 0.2) is 6.33 Å². The van der Waals surface area contributed by atoms with E-state index in [4.69, 9.17) is 0 Å². The first-order valence-corrected chi connectivity index (χ1v) is 7.16. The third-order valence-electron chi connectivity index (χ3n) is 3.60. The lowest BCUT2D eigenvalue weighted by Gasteiger charge is -2.24. The molecule has 1 aromatic heterocycles. The van der Waals surface area contributed by atoms with Crippen molar-refractivity contribution in [2.45, 2.75) is 52.2 Å². The molecule has 1 atom stereocenters. The highest BCUT2D eigenvalue weighted by molar-refractivity contribution is 4.89. The molecular formula is C13H25N5. The second-order valence-corrected chi connectivity index (χ2v) is 4.97. The third kappa shape index (κ3) is 3.29. The molecular weight excluding hydrogens is 226 g/mol. The van der Waals surface area contributed by atoms with Crippen LogP contribution in [0.5, 0.6) is 0 Å². The topological polar surface area (TPSA) is 46.0 Å². The second kappa shape index (κ2) is 6.85. The van der Waals surface area contributed by atoms with Gasteiger partial charge in [0, 0.05) is 19.1 Å². The molecule has 0 saturated carbocycles. The van der Waals surface area contributed by atoms with E-state index in [1.165, 1.54) is 19.4 Å². The molecule has 0 amide bonds. The van der Waals surface area contributed by atoms with Gasteiger partial charge in [0.25, 0.3) is 0 Å². The minimum absolute atomic E-state index is 0.664. The number of likely N-dealkylation sites (tertiary alicyclic amines) is 1. The van der Waals surface area contributed by atoms with Gasteiger partial charge in [0.15, 0.2) is 0 Å². The predicted octanol–water partition coefficient (Wildman–Crippen LogP) is 1.26. The van der Waals surface area contributed by atoms with Crippen LogP contribution in [0.1, 0.15) is 38.9 Å². The molecule has 1 unspecified atom stereocenters. The van der Waals surface area contributed by atoms with E-state index in [9.17, 15) is 0 Å². The molecule has 1 saturated heterocycles. The largest absolute Gasteiger partial charge is 0.315 e. The summed E-state index contributed by atoms with van der Waals surface area (Å²) in [5.41, 5.74) is 0. The van der Waals surface area contributed by atoms with Gasteiger partial charge in [-0.25, -0.2) is 9.67 Å². The molecule has 0 spiro atoms. The fraction of sp³-hybridized carbons (Fsp3) is 0.846. The van der Waals surface area contributed by atoms with E-state index in [0.717, 1.165) is 38.4 Å². The zero-order valence-electron chi connectivity index (χ0n) is 11.6. The lowest BCUT2D eigenvalue weighted by molar-refractivity contribution is 0.230. The molecule has 5 heteroatoms. The first-order valence-electron chi connectivity index (χ1n) is 7.16. The van der Waals surface area contributed by atoms with Crippen LogP contribution in [0.2, 0.25) is 0 Å². The molecule has 1 fully saturated rings. The Hall–Kier alpha value is -0.940. The van der Waals surface area contributed by atoms with Crippen molar-refractivity contribution in [3.8, 4) is 0 Å². The zero-order chi connectivity index (χ0) is 12.8. The standard InChI is InChI=1S/C13H25N5/c1-3-7-18-13(15-11-16-18)10-17-8-5-6-12(17)9-14-4-2/h11-12,14H,3-10H2,1-2H3. The number of rotatable bonds is 7. The van der Waals surface area contributed by atoms with Gasteiger partial charge in [0.05, 0.1) is 6.54 Å². The molecule has 1 N–H and O–H groups in total. The number of aromatic nitrogens is 3. The van der Waals surface area contributed by atoms with E-state index < -0.39 is 0 Å². The van der Waals surface area contributed by atoms with Crippen molar-refractivity contribution in [3.63, 3.8) is 0 Å². The van der Waals surface area contributed by atoms with E-state index in [-0.39, 0.29) is 0 Å². The van der Waals surface area contributed by atoms with E-state index >= 15 is 0 Å². The highest BCUT2D eigenvalue weighted by Gasteiger charge is 2.25. The van der Waals surface area contributed by atoms with Gasteiger partial charge in [-0.05, 0) is 32.4 Å². The van der Waals surface area contributed by atoms with Crippen LogP contribution in [0.25, 0.3) is 0 Å². The number of nitrogens with zero attached hydrogens (tertiary/aromatic N) is 4. The molecule has 0 aromatic carbocycles. The summed E-state index contributed by atoms with van der Waals surface area (Å²) in [7, 11) is 0. The molecule has 2 heterocycles. The molecule has 18 heavy (non-hydrogen) atoms. The first kappa shape index (κ1) is 13.5. The van der Waals surface area contributed by atoms with Crippen molar-refractivity contribution in [2.75, 3.05) is 19.6 Å². The third-order valence-corrected chi connectivity index (χ3v) is 3.60. The van der Waals surface area contributed by atoms with Crippen LogP contribution in [-0.2, 0) is 13.1 Å². The van der Waals surface area contributed by atoms with Crippen molar-refractivity contribution in [2.24, 2.45) is 0 Å². The molecule has 0 radical (unpaired) electrons. The monoisotopic (exact) mass is 251 g/mol. The first-order chi connectivity index (χ1) is 8.85. The Bertz CT molecular complexity index is 349. The minimum atomic E-state index is 0.664. The van der Waals surface area contributed by atoms with Gasteiger partial charge in [-0.1, -0.05) is 13.8 Å². The van der Waals surface area contributed by atoms with Crippen LogP contribution in [0.3, 0.4) is 0 Å². The van der Waals surface area contributed by atoms with E-state index in [0.29, 0.717) is 6.04 Å². The molecule has 1 aliphatic rings. The van der Waals surface area contributed by atoms with Gasteiger partial charge in [0.2, 0.25) is 0 Å². The molecule has 1 aliphatic heterocycles. The van der Waals surface area contributed by atoms with E-state index in [2.05, 4.69) is 34.1 Å². The Kier molecular flexibility index (Phi) is 5.13. The molecule has 102 valence electrons. The Balaban J connectivity index is 1.92. The summed E-state index contributed by atoms with van der Waals surface area (Å²) >= 11 is 0. The van der Waals surface area contributed by atoms with Crippen molar-refractivity contribution >= 4 is 0 Å². The number of aryl methyl sites for hydroxylation is 1. The zero-order valence-corrected chi connectivity index (χ0v) is 11.6. The fourth-order valence-electron chi connectivity index (χ4n) is 2.64. The number of likely N-dealkylation sites (N-methyl/N-ethyl adjacent to an activating group) is 1. The molecule has 0 aliphatic carbocycles. The smallest absolute Gasteiger partial charge is 0.141 e. The molecule has 0 bridgehead atoms. The van der Waals surface area contributed by atoms with Gasteiger partial charge in [-0.3, -0.25) is 4.90 Å². The lowest BCUT2D eigenvalue weighted by atomic mass is 10.2. The van der Waals surface area contributed by atoms with Crippen LogP contribution >= 0.6 is 0 Å². The van der Waals surface area contributed by atoms with Gasteiger partial charge in [0.1, 0.15) is 12.2 Å². The Morgan fingerprint density at radius 3 is 3.11 bits per heavy atom. The normalized spacial score (nSPS) is 20.7. The number of hydrogen-bond acceptors (Lipinski definition) is 4. The maximum absolute atomic E-state index is 4.40. The summed E-state index contributed by atoms with van der Waals surface area (Å²) in [6.45, 7) is 9.59. The van der Waals surface area contributed by atoms with Crippen molar-refractivity contribution < 1.29 is 0 Å². The summed E-state index contributed by atoms with van der Waals surface area (Å²) in [4.78, 5) is 6.94. The Morgan fingerprint density at radius 1 is 1.44 bits per heavy atom. The summed E-state index contributed by atoms with van der Waals surface area (Å²) in [6.07, 6.45) is 5.39. The molecule has 5 nitrogen and oxygen atoms in total. The minimum Gasteiger partial charge on any atom is -0.315 e. The SMILES string of the molecule is CCCn1ncnc1CN1CCCC1CNCC. The van der Waals surface area contributed by atoms with Crippen LogP contribution in [-0.4, -0.2) is 45.3 Å². The second-order valence-electron chi connectivity index (χ2n) is 4.97. The van der Waals surface area contributed by atoms with E-state index in [1.54, 1.807) is 6.33 Å². The number of hydrogen-bond donors (Lipinski definition) is 1. The highest BCUT2D eigenvalue weighted by Crippen LogP contribution is 2.18. The van der Waals surface area contributed by atoms with Crippen LogP contribution in [0, 0.1) is 0 Å². The lowest BCUT2D eigenvalue weighted by Crippen LogP contribution is -2.38. The fourth-order valence-corrected chi connectivity index (χ4v) is 2.64. The maximum atomic E-state index is 4.40. The van der Waals surface area contributed by atoms with E-state index in [1.807, 2.05) is 4.68 Å². The Labute approximate surface area is 110 Å². The van der Waals surface area contributed by atoms with Gasteiger partial charge in [-0.15, -0.1) is 0 Å². The number of nitrogens with one attached hydrogen (secondary N) is 1.